The summed E-state index contributed by atoms with van der Waals surface area (Å²) < 4.78 is 59.4. The second-order valence-corrected chi connectivity index (χ2v) is 8.06. The molecule has 0 spiro atoms. The predicted octanol–water partition coefficient (Wildman–Crippen LogP) is 3.15. The number of piperazine rings is 1. The molecule has 0 bridgehead atoms. The van der Waals surface area contributed by atoms with Gasteiger partial charge in [-0.25, -0.2) is 22.5 Å². The number of ether oxygens (including phenoxy) is 1. The zero-order valence-corrected chi connectivity index (χ0v) is 18.9. The molecule has 184 valence electrons. The van der Waals surface area contributed by atoms with Gasteiger partial charge in [0, 0.05) is 45.5 Å². The van der Waals surface area contributed by atoms with Gasteiger partial charge in [-0.1, -0.05) is 0 Å². The molecule has 2 amide bonds. The van der Waals surface area contributed by atoms with Crippen molar-refractivity contribution in [3.05, 3.63) is 58.8 Å². The predicted molar refractivity (Wildman–Crippen MR) is 117 cm³/mol. The van der Waals surface area contributed by atoms with Gasteiger partial charge in [0.1, 0.15) is 5.82 Å². The summed E-state index contributed by atoms with van der Waals surface area (Å²) in [6.07, 6.45) is 2.29. The number of hydrogen-bond donors (Lipinski definition) is 1. The standard InChI is InChI=1S/C23H26F4N4O3/c1-14(2)34-11-3-6-28-22(32)15-4-5-18(29-13-15)30-7-9-31(10-8-30)23(33)16-12-17(24)20(26)21(27)19(16)25/h4-5,12-14H,3,6-11H2,1-2H3,(H,28,32). The quantitative estimate of drug-likeness (QED) is 0.271. The van der Waals surface area contributed by atoms with Crippen LogP contribution in [0.3, 0.4) is 0 Å². The van der Waals surface area contributed by atoms with E-state index in [-0.39, 0.29) is 25.1 Å². The third-order valence-corrected chi connectivity index (χ3v) is 5.29. The fourth-order valence-corrected chi connectivity index (χ4v) is 3.44. The van der Waals surface area contributed by atoms with Crippen LogP contribution in [0.25, 0.3) is 0 Å². The number of aromatic nitrogens is 1. The maximum absolute atomic E-state index is 14.0. The van der Waals surface area contributed by atoms with Crippen molar-refractivity contribution >= 4 is 17.6 Å². The van der Waals surface area contributed by atoms with Gasteiger partial charge in [-0.15, -0.1) is 0 Å². The third kappa shape index (κ3) is 6.02. The van der Waals surface area contributed by atoms with Gasteiger partial charge in [-0.05, 0) is 38.5 Å². The summed E-state index contributed by atoms with van der Waals surface area (Å²) in [5.74, 6) is -7.90. The summed E-state index contributed by atoms with van der Waals surface area (Å²) in [6.45, 7) is 5.85. The highest BCUT2D eigenvalue weighted by Gasteiger charge is 2.28. The van der Waals surface area contributed by atoms with Crippen LogP contribution in [0.5, 0.6) is 0 Å². The highest BCUT2D eigenvalue weighted by Crippen LogP contribution is 2.21. The van der Waals surface area contributed by atoms with E-state index in [9.17, 15) is 27.2 Å². The first kappa shape index (κ1) is 25.4. The van der Waals surface area contributed by atoms with Crippen molar-refractivity contribution in [2.45, 2.75) is 26.4 Å². The maximum atomic E-state index is 14.0. The van der Waals surface area contributed by atoms with E-state index in [0.717, 1.165) is 0 Å². The summed E-state index contributed by atoms with van der Waals surface area (Å²) >= 11 is 0. The van der Waals surface area contributed by atoms with Gasteiger partial charge in [0.15, 0.2) is 23.3 Å². The van der Waals surface area contributed by atoms with Crippen LogP contribution in [-0.4, -0.2) is 67.1 Å². The van der Waals surface area contributed by atoms with Crippen molar-refractivity contribution in [3.63, 3.8) is 0 Å². The van der Waals surface area contributed by atoms with E-state index in [1.165, 1.54) is 11.1 Å². The van der Waals surface area contributed by atoms with Crippen molar-refractivity contribution < 1.29 is 31.9 Å². The van der Waals surface area contributed by atoms with E-state index in [2.05, 4.69) is 10.3 Å². The lowest BCUT2D eigenvalue weighted by molar-refractivity contribution is 0.0737. The van der Waals surface area contributed by atoms with Gasteiger partial charge >= 0.3 is 0 Å². The van der Waals surface area contributed by atoms with Crippen LogP contribution < -0.4 is 10.2 Å². The summed E-state index contributed by atoms with van der Waals surface area (Å²) in [4.78, 5) is 32.1. The van der Waals surface area contributed by atoms with Crippen LogP contribution >= 0.6 is 0 Å². The molecule has 7 nitrogen and oxygen atoms in total. The second kappa shape index (κ2) is 11.3. The number of amides is 2. The molecule has 1 aliphatic rings. The lowest BCUT2D eigenvalue weighted by Crippen LogP contribution is -2.49. The number of nitrogens with zero attached hydrogens (tertiary/aromatic N) is 3. The number of carbonyl (C=O) groups is 2. The number of rotatable bonds is 8. The summed E-state index contributed by atoms with van der Waals surface area (Å²) in [7, 11) is 0. The Morgan fingerprint density at radius 1 is 1.06 bits per heavy atom. The van der Waals surface area contributed by atoms with Crippen molar-refractivity contribution in [1.29, 1.82) is 0 Å². The summed E-state index contributed by atoms with van der Waals surface area (Å²) in [5, 5.41) is 2.80. The zero-order chi connectivity index (χ0) is 24.8. The minimum absolute atomic E-state index is 0.140. The molecular weight excluding hydrogens is 456 g/mol. The minimum Gasteiger partial charge on any atom is -0.379 e. The monoisotopic (exact) mass is 482 g/mol. The van der Waals surface area contributed by atoms with E-state index in [1.807, 2.05) is 18.7 Å². The summed E-state index contributed by atoms with van der Waals surface area (Å²) in [5.41, 5.74) is -0.452. The number of anilines is 1. The molecular formula is C23H26F4N4O3. The molecule has 1 saturated heterocycles. The Kier molecular flexibility index (Phi) is 8.43. The van der Waals surface area contributed by atoms with Gasteiger partial charge in [-0.3, -0.25) is 9.59 Å². The van der Waals surface area contributed by atoms with Gasteiger partial charge < -0.3 is 19.9 Å². The molecule has 0 unspecified atom stereocenters. The first-order chi connectivity index (χ1) is 16.2. The molecule has 11 heteroatoms. The first-order valence-electron chi connectivity index (χ1n) is 10.9. The fraction of sp³-hybridized carbons (Fsp3) is 0.435. The lowest BCUT2D eigenvalue weighted by Gasteiger charge is -2.35. The van der Waals surface area contributed by atoms with Crippen LogP contribution in [0.1, 0.15) is 41.0 Å². The highest BCUT2D eigenvalue weighted by atomic mass is 19.2. The Bertz CT molecular complexity index is 1030. The Hall–Kier alpha value is -3.21. The molecule has 0 aliphatic carbocycles. The van der Waals surface area contributed by atoms with Gasteiger partial charge in [0.05, 0.1) is 17.2 Å². The van der Waals surface area contributed by atoms with E-state index < -0.39 is 34.7 Å². The van der Waals surface area contributed by atoms with Gasteiger partial charge in [-0.2, -0.15) is 0 Å². The lowest BCUT2D eigenvalue weighted by atomic mass is 10.1. The van der Waals surface area contributed by atoms with Crippen LogP contribution in [-0.2, 0) is 4.74 Å². The van der Waals surface area contributed by atoms with Gasteiger partial charge in [0.25, 0.3) is 11.8 Å². The highest BCUT2D eigenvalue weighted by molar-refractivity contribution is 5.95. The van der Waals surface area contributed by atoms with Crippen LogP contribution in [0.2, 0.25) is 0 Å². The molecule has 2 aromatic rings. The van der Waals surface area contributed by atoms with Crippen LogP contribution in [0.4, 0.5) is 23.4 Å². The van der Waals surface area contributed by atoms with E-state index >= 15 is 0 Å². The second-order valence-electron chi connectivity index (χ2n) is 8.06. The van der Waals surface area contributed by atoms with Crippen molar-refractivity contribution in [3.8, 4) is 0 Å². The molecule has 1 fully saturated rings. The molecule has 0 saturated carbocycles. The SMILES string of the molecule is CC(C)OCCCNC(=O)c1ccc(N2CCN(C(=O)c3cc(F)c(F)c(F)c3F)CC2)nc1. The first-order valence-corrected chi connectivity index (χ1v) is 10.9. The number of carbonyl (C=O) groups excluding carboxylic acids is 2. The topological polar surface area (TPSA) is 74.8 Å². The number of halogens is 4. The Labute approximate surface area is 194 Å². The Balaban J connectivity index is 1.52. The molecule has 34 heavy (non-hydrogen) atoms. The molecule has 1 aromatic heterocycles. The average molecular weight is 482 g/mol. The van der Waals surface area contributed by atoms with Crippen LogP contribution in [0, 0.1) is 23.3 Å². The smallest absolute Gasteiger partial charge is 0.257 e. The normalized spacial score (nSPS) is 14.0. The maximum Gasteiger partial charge on any atom is 0.257 e. The Morgan fingerprint density at radius 2 is 1.76 bits per heavy atom. The van der Waals surface area contributed by atoms with Gasteiger partial charge in [0.2, 0.25) is 0 Å². The zero-order valence-electron chi connectivity index (χ0n) is 18.9. The third-order valence-electron chi connectivity index (χ3n) is 5.29. The molecule has 0 radical (unpaired) electrons. The van der Waals surface area contributed by atoms with Crippen molar-refractivity contribution in [2.75, 3.05) is 44.2 Å². The largest absolute Gasteiger partial charge is 0.379 e. The van der Waals surface area contributed by atoms with Crippen molar-refractivity contribution in [1.82, 2.24) is 15.2 Å². The molecule has 2 heterocycles. The number of benzene rings is 1. The van der Waals surface area contributed by atoms with E-state index in [0.29, 0.717) is 50.1 Å². The molecule has 1 aliphatic heterocycles. The van der Waals surface area contributed by atoms with E-state index in [4.69, 9.17) is 4.74 Å². The molecule has 1 aromatic carbocycles. The number of hydrogen-bond acceptors (Lipinski definition) is 5. The minimum atomic E-state index is -2.01. The average Bonchev–Trinajstić information content (AvgIpc) is 2.84. The fourth-order valence-electron chi connectivity index (χ4n) is 3.44. The molecule has 3 rings (SSSR count). The van der Waals surface area contributed by atoms with Crippen LogP contribution in [0.15, 0.2) is 24.4 Å². The molecule has 0 atom stereocenters. The molecule has 1 N–H and O–H groups in total. The van der Waals surface area contributed by atoms with Crippen molar-refractivity contribution in [2.24, 2.45) is 0 Å². The van der Waals surface area contributed by atoms with E-state index in [1.54, 1.807) is 12.1 Å². The number of nitrogens with one attached hydrogen (secondary N) is 1. The Morgan fingerprint density at radius 3 is 2.38 bits per heavy atom. The summed E-state index contributed by atoms with van der Waals surface area (Å²) in [6, 6.07) is 3.68. The number of pyridine rings is 1.